The molecule has 0 aliphatic heterocycles. The molecule has 0 saturated heterocycles. The zero-order valence-corrected chi connectivity index (χ0v) is 10.5. The zero-order chi connectivity index (χ0) is 14.0. The molecular formula is C11H13N5O3. The number of H-pyrrole nitrogens is 1. The van der Waals surface area contributed by atoms with E-state index in [1.807, 2.05) is 0 Å². The van der Waals surface area contributed by atoms with Gasteiger partial charge in [-0.05, 0) is 0 Å². The molecule has 0 spiro atoms. The van der Waals surface area contributed by atoms with Gasteiger partial charge in [0.2, 0.25) is 0 Å². The normalized spacial score (nSPS) is 10.4. The first-order valence-corrected chi connectivity index (χ1v) is 5.53. The molecule has 0 saturated carbocycles. The quantitative estimate of drug-likeness (QED) is 0.655. The van der Waals surface area contributed by atoms with Gasteiger partial charge in [-0.1, -0.05) is 0 Å². The van der Waals surface area contributed by atoms with Gasteiger partial charge in [0.15, 0.2) is 0 Å². The Hall–Kier alpha value is -2.64. The van der Waals surface area contributed by atoms with Crippen LogP contribution in [0.25, 0.3) is 0 Å². The van der Waals surface area contributed by atoms with Crippen LogP contribution in [0.4, 0.5) is 5.69 Å². The SMILES string of the molecule is CN(Cc1cn[nH]c1)C(=O)c1cc([N+](=O)[O-])cn1C. The summed E-state index contributed by atoms with van der Waals surface area (Å²) >= 11 is 0. The van der Waals surface area contributed by atoms with E-state index >= 15 is 0 Å². The van der Waals surface area contributed by atoms with Crippen molar-refractivity contribution in [2.24, 2.45) is 7.05 Å². The number of rotatable bonds is 4. The topological polar surface area (TPSA) is 97.1 Å². The van der Waals surface area contributed by atoms with E-state index < -0.39 is 4.92 Å². The number of nitrogens with zero attached hydrogens (tertiary/aromatic N) is 4. The molecule has 8 nitrogen and oxygen atoms in total. The molecule has 100 valence electrons. The second-order valence-corrected chi connectivity index (χ2v) is 4.22. The second kappa shape index (κ2) is 4.92. The molecule has 2 aromatic rings. The van der Waals surface area contributed by atoms with Crippen molar-refractivity contribution in [2.45, 2.75) is 6.54 Å². The molecule has 0 atom stereocenters. The van der Waals surface area contributed by atoms with Gasteiger partial charge in [0.05, 0.1) is 17.3 Å². The summed E-state index contributed by atoms with van der Waals surface area (Å²) in [6.45, 7) is 0.383. The number of hydrogen-bond donors (Lipinski definition) is 1. The van der Waals surface area contributed by atoms with Crippen LogP contribution in [0.3, 0.4) is 0 Å². The van der Waals surface area contributed by atoms with Gasteiger partial charge in [-0.25, -0.2) is 0 Å². The highest BCUT2D eigenvalue weighted by Gasteiger charge is 2.20. The van der Waals surface area contributed by atoms with E-state index in [9.17, 15) is 14.9 Å². The van der Waals surface area contributed by atoms with Crippen molar-refractivity contribution in [3.05, 3.63) is 46.0 Å². The van der Waals surface area contributed by atoms with Crippen molar-refractivity contribution in [3.63, 3.8) is 0 Å². The molecule has 8 heteroatoms. The van der Waals surface area contributed by atoms with Crippen LogP contribution in [-0.2, 0) is 13.6 Å². The maximum Gasteiger partial charge on any atom is 0.287 e. The Bertz CT molecular complexity index is 602. The Kier molecular flexibility index (Phi) is 3.32. The third-order valence-electron chi connectivity index (χ3n) is 2.74. The first kappa shape index (κ1) is 12.8. The van der Waals surface area contributed by atoms with Crippen LogP contribution in [0, 0.1) is 10.1 Å². The monoisotopic (exact) mass is 263 g/mol. The second-order valence-electron chi connectivity index (χ2n) is 4.22. The van der Waals surface area contributed by atoms with Crippen molar-refractivity contribution in [3.8, 4) is 0 Å². The van der Waals surface area contributed by atoms with Gasteiger partial charge in [-0.15, -0.1) is 0 Å². The van der Waals surface area contributed by atoms with Gasteiger partial charge in [-0.3, -0.25) is 20.0 Å². The molecule has 0 unspecified atom stereocenters. The molecule has 0 aliphatic rings. The molecular weight excluding hydrogens is 250 g/mol. The Morgan fingerprint density at radius 1 is 1.63 bits per heavy atom. The van der Waals surface area contributed by atoms with Crippen molar-refractivity contribution >= 4 is 11.6 Å². The fourth-order valence-corrected chi connectivity index (χ4v) is 1.76. The highest BCUT2D eigenvalue weighted by molar-refractivity contribution is 5.93. The van der Waals surface area contributed by atoms with Crippen molar-refractivity contribution in [2.75, 3.05) is 7.05 Å². The summed E-state index contributed by atoms with van der Waals surface area (Å²) in [6.07, 6.45) is 4.63. The minimum Gasteiger partial charge on any atom is -0.340 e. The number of amides is 1. The van der Waals surface area contributed by atoms with Crippen LogP contribution in [0.5, 0.6) is 0 Å². The fraction of sp³-hybridized carbons (Fsp3) is 0.273. The highest BCUT2D eigenvalue weighted by Crippen LogP contribution is 2.17. The average Bonchev–Trinajstić information content (AvgIpc) is 2.97. The van der Waals surface area contributed by atoms with Crippen LogP contribution < -0.4 is 0 Å². The maximum atomic E-state index is 12.2. The summed E-state index contributed by atoms with van der Waals surface area (Å²) < 4.78 is 1.45. The first-order chi connectivity index (χ1) is 8.99. The summed E-state index contributed by atoms with van der Waals surface area (Å²) in [7, 11) is 3.24. The van der Waals surface area contributed by atoms with Crippen LogP contribution in [-0.4, -0.2) is 37.5 Å². The van der Waals surface area contributed by atoms with E-state index in [1.165, 1.54) is 21.7 Å². The molecule has 19 heavy (non-hydrogen) atoms. The number of nitrogens with one attached hydrogen (secondary N) is 1. The largest absolute Gasteiger partial charge is 0.340 e. The number of carbonyl (C=O) groups excluding carboxylic acids is 1. The van der Waals surface area contributed by atoms with Gasteiger partial charge in [0.25, 0.3) is 11.6 Å². The number of hydrogen-bond acceptors (Lipinski definition) is 4. The zero-order valence-electron chi connectivity index (χ0n) is 10.5. The minimum absolute atomic E-state index is 0.0949. The summed E-state index contributed by atoms with van der Waals surface area (Å²) in [4.78, 5) is 23.8. The third kappa shape index (κ3) is 2.62. The number of carbonyl (C=O) groups is 1. The van der Waals surface area contributed by atoms with Gasteiger partial charge < -0.3 is 9.47 Å². The maximum absolute atomic E-state index is 12.2. The Morgan fingerprint density at radius 3 is 2.89 bits per heavy atom. The number of aryl methyl sites for hydroxylation is 1. The highest BCUT2D eigenvalue weighted by atomic mass is 16.6. The molecule has 0 aliphatic carbocycles. The predicted octanol–water partition coefficient (Wildman–Crippen LogP) is 0.929. The number of aromatic nitrogens is 3. The minimum atomic E-state index is -0.521. The van der Waals surface area contributed by atoms with Crippen LogP contribution >= 0.6 is 0 Å². The van der Waals surface area contributed by atoms with Gasteiger partial charge in [0.1, 0.15) is 5.69 Å². The average molecular weight is 263 g/mol. The molecule has 2 heterocycles. The molecule has 0 bridgehead atoms. The first-order valence-electron chi connectivity index (χ1n) is 5.53. The fourth-order valence-electron chi connectivity index (χ4n) is 1.76. The lowest BCUT2D eigenvalue weighted by molar-refractivity contribution is -0.384. The molecule has 2 aromatic heterocycles. The Morgan fingerprint density at radius 2 is 2.37 bits per heavy atom. The lowest BCUT2D eigenvalue weighted by atomic mass is 10.3. The molecule has 0 radical (unpaired) electrons. The van der Waals surface area contributed by atoms with Crippen molar-refractivity contribution in [1.82, 2.24) is 19.7 Å². The molecule has 1 amide bonds. The van der Waals surface area contributed by atoms with Crippen molar-refractivity contribution in [1.29, 1.82) is 0 Å². The van der Waals surface area contributed by atoms with E-state index in [0.717, 1.165) is 5.56 Å². The predicted molar refractivity (Wildman–Crippen MR) is 66.5 cm³/mol. The van der Waals surface area contributed by atoms with Gasteiger partial charge in [0, 0.05) is 38.5 Å². The number of aromatic amines is 1. The summed E-state index contributed by atoms with van der Waals surface area (Å²) in [5.74, 6) is -0.281. The lowest BCUT2D eigenvalue weighted by Crippen LogP contribution is -2.27. The summed E-state index contributed by atoms with van der Waals surface area (Å²) in [5, 5.41) is 17.1. The van der Waals surface area contributed by atoms with Crippen molar-refractivity contribution < 1.29 is 9.72 Å². The molecule has 2 rings (SSSR count). The van der Waals surface area contributed by atoms with E-state index in [2.05, 4.69) is 10.2 Å². The number of nitro groups is 1. The molecule has 0 aromatic carbocycles. The van der Waals surface area contributed by atoms with E-state index in [0.29, 0.717) is 6.54 Å². The van der Waals surface area contributed by atoms with E-state index in [1.54, 1.807) is 26.5 Å². The molecule has 1 N–H and O–H groups in total. The van der Waals surface area contributed by atoms with Crippen LogP contribution in [0.1, 0.15) is 16.1 Å². The van der Waals surface area contributed by atoms with E-state index in [-0.39, 0.29) is 17.3 Å². The third-order valence-corrected chi connectivity index (χ3v) is 2.74. The van der Waals surface area contributed by atoms with E-state index in [4.69, 9.17) is 0 Å². The lowest BCUT2D eigenvalue weighted by Gasteiger charge is -2.16. The summed E-state index contributed by atoms with van der Waals surface area (Å²) in [5.41, 5.74) is 1.04. The molecule has 0 fully saturated rings. The Labute approximate surface area is 108 Å². The van der Waals surface area contributed by atoms with Gasteiger partial charge in [-0.2, -0.15) is 5.10 Å². The van der Waals surface area contributed by atoms with Gasteiger partial charge >= 0.3 is 0 Å². The smallest absolute Gasteiger partial charge is 0.287 e. The standard InChI is InChI=1S/C11H13N5O3/c1-14-7-9(16(18)19)3-10(14)11(17)15(2)6-8-4-12-13-5-8/h3-5,7H,6H2,1-2H3,(H,12,13). The summed E-state index contributed by atoms with van der Waals surface area (Å²) in [6, 6.07) is 1.27. The van der Waals surface area contributed by atoms with Crippen LogP contribution in [0.15, 0.2) is 24.7 Å². The Balaban J connectivity index is 2.17. The van der Waals surface area contributed by atoms with Crippen LogP contribution in [0.2, 0.25) is 0 Å².